The van der Waals surface area contributed by atoms with E-state index in [1.165, 1.54) is 0 Å². The van der Waals surface area contributed by atoms with E-state index in [9.17, 15) is 4.79 Å². The van der Waals surface area contributed by atoms with Crippen LogP contribution in [0.1, 0.15) is 34.3 Å². The van der Waals surface area contributed by atoms with Gasteiger partial charge in [0.05, 0.1) is 5.56 Å². The van der Waals surface area contributed by atoms with E-state index in [2.05, 4.69) is 5.32 Å². The van der Waals surface area contributed by atoms with Crippen molar-refractivity contribution < 1.29 is 9.53 Å². The zero-order valence-electron chi connectivity index (χ0n) is 13.1. The highest BCUT2D eigenvalue weighted by Crippen LogP contribution is 2.36. The van der Waals surface area contributed by atoms with Gasteiger partial charge in [-0.15, -0.1) is 0 Å². The van der Waals surface area contributed by atoms with Gasteiger partial charge in [-0.2, -0.15) is 0 Å². The summed E-state index contributed by atoms with van der Waals surface area (Å²) in [6.45, 7) is 3.50. The third-order valence-electron chi connectivity index (χ3n) is 4.49. The van der Waals surface area contributed by atoms with E-state index >= 15 is 0 Å². The first-order chi connectivity index (χ1) is 11.1. The second-order valence-corrected chi connectivity index (χ2v) is 6.32. The molecular weight excluding hydrogens is 310 g/mol. The number of halogens is 1. The predicted molar refractivity (Wildman–Crippen MR) is 91.8 cm³/mol. The van der Waals surface area contributed by atoms with Crippen molar-refractivity contribution in [3.63, 3.8) is 0 Å². The number of rotatable bonds is 3. The van der Waals surface area contributed by atoms with Crippen molar-refractivity contribution in [2.24, 2.45) is 0 Å². The monoisotopic (exact) mass is 329 g/mol. The van der Waals surface area contributed by atoms with Crippen LogP contribution in [-0.2, 0) is 10.3 Å². The Labute approximate surface area is 141 Å². The van der Waals surface area contributed by atoms with Crippen LogP contribution in [0.15, 0.2) is 48.5 Å². The molecule has 0 unspecified atom stereocenters. The average molecular weight is 330 g/mol. The number of benzene rings is 2. The lowest BCUT2D eigenvalue weighted by atomic mass is 9.84. The molecule has 3 rings (SSSR count). The Morgan fingerprint density at radius 1 is 1.09 bits per heavy atom. The molecule has 0 spiro atoms. The fourth-order valence-electron chi connectivity index (χ4n) is 3.08. The van der Waals surface area contributed by atoms with Crippen molar-refractivity contribution in [2.45, 2.75) is 25.4 Å². The average Bonchev–Trinajstić information content (AvgIpc) is 2.59. The van der Waals surface area contributed by atoms with Gasteiger partial charge in [-0.3, -0.25) is 0 Å². The third-order valence-corrected chi connectivity index (χ3v) is 4.90. The molecular formula is C19H20ClNO2. The molecule has 1 fully saturated rings. The Balaban J connectivity index is 1.93. The lowest BCUT2D eigenvalue weighted by Crippen LogP contribution is -2.43. The molecule has 0 aliphatic carbocycles. The summed E-state index contributed by atoms with van der Waals surface area (Å²) in [6.07, 6.45) is 1.53. The van der Waals surface area contributed by atoms with Gasteiger partial charge in [-0.05, 0) is 43.3 Å². The summed E-state index contributed by atoms with van der Waals surface area (Å²) in [6, 6.07) is 15.3. The maximum atomic E-state index is 12.8. The summed E-state index contributed by atoms with van der Waals surface area (Å²) in [5, 5.41) is 3.91. The summed E-state index contributed by atoms with van der Waals surface area (Å²) in [5.74, 6) is -0.309. The van der Waals surface area contributed by atoms with Crippen molar-refractivity contribution >= 4 is 17.6 Å². The second-order valence-electron chi connectivity index (χ2n) is 5.91. The van der Waals surface area contributed by atoms with Gasteiger partial charge in [0, 0.05) is 17.9 Å². The number of carbonyl (C=O) groups excluding carboxylic acids is 1. The molecule has 0 bridgehead atoms. The molecule has 2 aromatic rings. The van der Waals surface area contributed by atoms with Crippen LogP contribution in [0, 0.1) is 6.92 Å². The zero-order valence-corrected chi connectivity index (χ0v) is 13.9. The highest BCUT2D eigenvalue weighted by molar-refractivity contribution is 6.31. The fourth-order valence-corrected chi connectivity index (χ4v) is 3.26. The van der Waals surface area contributed by atoms with E-state index in [0.717, 1.165) is 37.1 Å². The Bertz CT molecular complexity index is 694. The summed E-state index contributed by atoms with van der Waals surface area (Å²) >= 11 is 6.13. The molecule has 1 heterocycles. The predicted octanol–water partition coefficient (Wildman–Crippen LogP) is 4.08. The fraction of sp³-hybridized carbons (Fsp3) is 0.316. The number of carbonyl (C=O) groups is 1. The Morgan fingerprint density at radius 2 is 1.78 bits per heavy atom. The second kappa shape index (κ2) is 6.73. The van der Waals surface area contributed by atoms with E-state index < -0.39 is 5.60 Å². The van der Waals surface area contributed by atoms with Crippen LogP contribution in [0.3, 0.4) is 0 Å². The van der Waals surface area contributed by atoms with Gasteiger partial charge in [0.25, 0.3) is 0 Å². The number of esters is 1. The number of ether oxygens (including phenoxy) is 1. The largest absolute Gasteiger partial charge is 0.450 e. The van der Waals surface area contributed by atoms with Crippen LogP contribution in [0.2, 0.25) is 5.02 Å². The first-order valence-electron chi connectivity index (χ1n) is 7.87. The van der Waals surface area contributed by atoms with E-state index in [0.29, 0.717) is 10.6 Å². The summed E-state index contributed by atoms with van der Waals surface area (Å²) < 4.78 is 6.05. The molecule has 0 aromatic heterocycles. The van der Waals surface area contributed by atoms with Crippen molar-refractivity contribution in [2.75, 3.05) is 13.1 Å². The standard InChI is InChI=1S/C19H20ClNO2/c1-14-16(8-5-9-17(14)20)18(22)23-19(10-12-21-13-11-19)15-6-3-2-4-7-15/h2-9,21H,10-13H2,1H3. The summed E-state index contributed by atoms with van der Waals surface area (Å²) in [4.78, 5) is 12.8. The molecule has 1 aliphatic rings. The molecule has 0 atom stereocenters. The van der Waals surface area contributed by atoms with Crippen LogP contribution < -0.4 is 5.32 Å². The van der Waals surface area contributed by atoms with Crippen molar-refractivity contribution in [1.82, 2.24) is 5.32 Å². The number of hydrogen-bond donors (Lipinski definition) is 1. The topological polar surface area (TPSA) is 38.3 Å². The minimum atomic E-state index is -0.571. The first kappa shape index (κ1) is 16.0. The lowest BCUT2D eigenvalue weighted by molar-refractivity contribution is -0.0379. The zero-order chi connectivity index (χ0) is 16.3. The third kappa shape index (κ3) is 3.26. The molecule has 1 aliphatic heterocycles. The Morgan fingerprint density at radius 3 is 2.48 bits per heavy atom. The van der Waals surface area contributed by atoms with Gasteiger partial charge < -0.3 is 10.1 Å². The van der Waals surface area contributed by atoms with Gasteiger partial charge in [0.2, 0.25) is 0 Å². The molecule has 0 radical (unpaired) electrons. The van der Waals surface area contributed by atoms with E-state index in [1.54, 1.807) is 18.2 Å². The van der Waals surface area contributed by atoms with Crippen molar-refractivity contribution in [1.29, 1.82) is 0 Å². The summed E-state index contributed by atoms with van der Waals surface area (Å²) in [5.41, 5.74) is 1.77. The molecule has 4 heteroatoms. The van der Waals surface area contributed by atoms with Crippen LogP contribution in [-0.4, -0.2) is 19.1 Å². The van der Waals surface area contributed by atoms with Crippen molar-refractivity contribution in [3.8, 4) is 0 Å². The van der Waals surface area contributed by atoms with Crippen LogP contribution in [0.5, 0.6) is 0 Å². The Hall–Kier alpha value is -1.84. The van der Waals surface area contributed by atoms with E-state index in [-0.39, 0.29) is 5.97 Å². The highest BCUT2D eigenvalue weighted by Gasteiger charge is 2.38. The molecule has 3 nitrogen and oxygen atoms in total. The first-order valence-corrected chi connectivity index (χ1v) is 8.25. The molecule has 0 amide bonds. The number of hydrogen-bond acceptors (Lipinski definition) is 3. The SMILES string of the molecule is Cc1c(Cl)cccc1C(=O)OC1(c2ccccc2)CCNCC1. The van der Waals surface area contributed by atoms with Gasteiger partial charge >= 0.3 is 5.97 Å². The van der Waals surface area contributed by atoms with Gasteiger partial charge in [-0.1, -0.05) is 48.0 Å². The molecule has 120 valence electrons. The molecule has 2 aromatic carbocycles. The lowest BCUT2D eigenvalue weighted by Gasteiger charge is -2.37. The number of piperidine rings is 1. The quantitative estimate of drug-likeness (QED) is 0.862. The molecule has 1 N–H and O–H groups in total. The Kier molecular flexibility index (Phi) is 4.69. The van der Waals surface area contributed by atoms with E-state index in [4.69, 9.17) is 16.3 Å². The number of nitrogens with one attached hydrogen (secondary N) is 1. The van der Waals surface area contributed by atoms with E-state index in [1.807, 2.05) is 37.3 Å². The summed E-state index contributed by atoms with van der Waals surface area (Å²) in [7, 11) is 0. The van der Waals surface area contributed by atoms with Gasteiger partial charge in [-0.25, -0.2) is 4.79 Å². The minimum Gasteiger partial charge on any atom is -0.450 e. The minimum absolute atomic E-state index is 0.309. The van der Waals surface area contributed by atoms with Crippen molar-refractivity contribution in [3.05, 3.63) is 70.2 Å². The van der Waals surface area contributed by atoms with Gasteiger partial charge in [0.1, 0.15) is 5.60 Å². The maximum absolute atomic E-state index is 12.8. The molecule has 0 saturated carbocycles. The van der Waals surface area contributed by atoms with Crippen LogP contribution in [0.25, 0.3) is 0 Å². The maximum Gasteiger partial charge on any atom is 0.339 e. The van der Waals surface area contributed by atoms with Crippen LogP contribution >= 0.6 is 11.6 Å². The van der Waals surface area contributed by atoms with Crippen LogP contribution in [0.4, 0.5) is 0 Å². The normalized spacial score (nSPS) is 16.8. The highest BCUT2D eigenvalue weighted by atomic mass is 35.5. The molecule has 1 saturated heterocycles. The van der Waals surface area contributed by atoms with Gasteiger partial charge in [0.15, 0.2) is 0 Å². The smallest absolute Gasteiger partial charge is 0.339 e. The molecule has 23 heavy (non-hydrogen) atoms.